The number of hydrogen-bond acceptors (Lipinski definition) is 3. The van der Waals surface area contributed by atoms with E-state index in [1.54, 1.807) is 41.1 Å². The van der Waals surface area contributed by atoms with E-state index in [2.05, 4.69) is 5.10 Å². The number of nitrogens with zero attached hydrogens (tertiary/aromatic N) is 4. The van der Waals surface area contributed by atoms with Gasteiger partial charge in [0.05, 0.1) is 28.4 Å². The van der Waals surface area contributed by atoms with Gasteiger partial charge in [-0.3, -0.25) is 4.79 Å². The third-order valence-electron chi connectivity index (χ3n) is 6.29. The minimum absolute atomic E-state index is 0.137. The van der Waals surface area contributed by atoms with Gasteiger partial charge in [-0.05, 0) is 55.3 Å². The Kier molecular flexibility index (Phi) is 5.81. The van der Waals surface area contributed by atoms with Gasteiger partial charge in [0.15, 0.2) is 0 Å². The molecule has 0 unspecified atom stereocenters. The van der Waals surface area contributed by atoms with Gasteiger partial charge in [-0.15, -0.1) is 0 Å². The molecule has 5 nitrogen and oxygen atoms in total. The van der Waals surface area contributed by atoms with Crippen molar-refractivity contribution in [2.75, 3.05) is 0 Å². The van der Waals surface area contributed by atoms with Gasteiger partial charge in [-0.25, -0.2) is 4.98 Å². The number of halogens is 3. The highest BCUT2D eigenvalue weighted by Gasteiger charge is 2.30. The lowest BCUT2D eigenvalue weighted by atomic mass is 9.88. The molecule has 2 heterocycles. The van der Waals surface area contributed by atoms with E-state index >= 15 is 0 Å². The molecule has 0 radical (unpaired) electrons. The molecule has 1 aliphatic carbocycles. The van der Waals surface area contributed by atoms with Gasteiger partial charge < -0.3 is 4.57 Å². The first kappa shape index (κ1) is 22.1. The van der Waals surface area contributed by atoms with Gasteiger partial charge in [0.1, 0.15) is 5.82 Å². The smallest absolute Gasteiger partial charge is 0.316 e. The highest BCUT2D eigenvalue weighted by Crippen LogP contribution is 2.32. The minimum atomic E-state index is -4.43. The summed E-state index contributed by atoms with van der Waals surface area (Å²) < 4.78 is 42.5. The lowest BCUT2D eigenvalue weighted by molar-refractivity contribution is -0.137. The molecule has 8 heteroatoms. The minimum Gasteiger partial charge on any atom is -0.316 e. The van der Waals surface area contributed by atoms with Gasteiger partial charge in [-0.1, -0.05) is 37.5 Å². The summed E-state index contributed by atoms with van der Waals surface area (Å²) in [6.45, 7) is 0. The Morgan fingerprint density at radius 2 is 1.76 bits per heavy atom. The van der Waals surface area contributed by atoms with Crippen LogP contribution in [0, 0.1) is 0 Å². The third kappa shape index (κ3) is 4.27. The Hall–Kier alpha value is -3.68. The number of para-hydroxylation sites is 1. The Bertz CT molecular complexity index is 1410. The molecule has 0 atom stereocenters. The zero-order valence-electron chi connectivity index (χ0n) is 18.4. The van der Waals surface area contributed by atoms with Gasteiger partial charge in [0.25, 0.3) is 5.56 Å². The average Bonchev–Trinajstić information content (AvgIpc) is 3.32. The molecule has 34 heavy (non-hydrogen) atoms. The van der Waals surface area contributed by atoms with Crippen molar-refractivity contribution in [3.05, 3.63) is 94.3 Å². The molecule has 1 saturated carbocycles. The van der Waals surface area contributed by atoms with Crippen LogP contribution in [0.15, 0.2) is 76.8 Å². The number of fused-ring (bicyclic) bond motifs is 1. The highest BCUT2D eigenvalue weighted by atomic mass is 19.4. The van der Waals surface area contributed by atoms with Crippen molar-refractivity contribution in [3.63, 3.8) is 0 Å². The molecule has 1 aliphatic rings. The fourth-order valence-corrected chi connectivity index (χ4v) is 4.56. The van der Waals surface area contributed by atoms with E-state index in [4.69, 9.17) is 4.98 Å². The Labute approximate surface area is 194 Å². The van der Waals surface area contributed by atoms with Crippen molar-refractivity contribution in [2.45, 2.75) is 44.2 Å². The predicted molar refractivity (Wildman–Crippen MR) is 126 cm³/mol. The van der Waals surface area contributed by atoms with E-state index in [9.17, 15) is 18.0 Å². The molecule has 0 saturated heterocycles. The summed E-state index contributed by atoms with van der Waals surface area (Å²) in [7, 11) is 0. The van der Waals surface area contributed by atoms with E-state index in [-0.39, 0.29) is 11.5 Å². The van der Waals surface area contributed by atoms with Crippen LogP contribution in [0.4, 0.5) is 13.2 Å². The molecular weight excluding hydrogens is 441 g/mol. The fraction of sp³-hybridized carbons (Fsp3) is 0.269. The molecule has 2 aromatic carbocycles. The topological polar surface area (TPSA) is 52.2 Å². The Morgan fingerprint density at radius 3 is 2.56 bits per heavy atom. The third-order valence-corrected chi connectivity index (χ3v) is 6.29. The van der Waals surface area contributed by atoms with E-state index in [1.807, 2.05) is 12.1 Å². The van der Waals surface area contributed by atoms with Crippen LogP contribution in [0.25, 0.3) is 16.6 Å². The second kappa shape index (κ2) is 8.93. The summed E-state index contributed by atoms with van der Waals surface area (Å²) in [5, 5.41) is 4.98. The van der Waals surface area contributed by atoms with Crippen molar-refractivity contribution in [1.82, 2.24) is 14.2 Å². The van der Waals surface area contributed by atoms with Gasteiger partial charge >= 0.3 is 6.18 Å². The van der Waals surface area contributed by atoms with Crippen molar-refractivity contribution in [2.24, 2.45) is 5.10 Å². The monoisotopic (exact) mass is 464 g/mol. The SMILES string of the molecule is O=c1c2ccccc2nc(C2CCCCC2)n1N=Cc1cccn1-c1cccc(C(F)(F)F)c1. The molecule has 0 aliphatic heterocycles. The number of aromatic nitrogens is 3. The predicted octanol–water partition coefficient (Wildman–Crippen LogP) is 6.14. The zero-order chi connectivity index (χ0) is 23.7. The number of hydrogen-bond donors (Lipinski definition) is 0. The lowest BCUT2D eigenvalue weighted by Crippen LogP contribution is -2.25. The first-order chi connectivity index (χ1) is 16.4. The Balaban J connectivity index is 1.58. The molecule has 0 bridgehead atoms. The van der Waals surface area contributed by atoms with E-state index in [1.165, 1.54) is 23.4 Å². The van der Waals surface area contributed by atoms with Crippen molar-refractivity contribution < 1.29 is 13.2 Å². The molecule has 0 N–H and O–H groups in total. The number of benzene rings is 2. The van der Waals surface area contributed by atoms with Crippen LogP contribution in [0.3, 0.4) is 0 Å². The first-order valence-electron chi connectivity index (χ1n) is 11.3. The Morgan fingerprint density at radius 1 is 0.971 bits per heavy atom. The zero-order valence-corrected chi connectivity index (χ0v) is 18.4. The average molecular weight is 464 g/mol. The van der Waals surface area contributed by atoms with Crippen molar-refractivity contribution in [3.8, 4) is 5.69 Å². The molecule has 1 fully saturated rings. The number of alkyl halides is 3. The second-order valence-corrected chi connectivity index (χ2v) is 8.53. The molecule has 0 spiro atoms. The molecule has 0 amide bonds. The summed E-state index contributed by atoms with van der Waals surface area (Å²) in [6.07, 6.45) is 3.95. The van der Waals surface area contributed by atoms with Gasteiger partial charge in [0, 0.05) is 17.8 Å². The molecule has 4 aromatic rings. The van der Waals surface area contributed by atoms with Crippen molar-refractivity contribution in [1.29, 1.82) is 0 Å². The molecule has 2 aromatic heterocycles. The van der Waals surface area contributed by atoms with E-state index in [0.717, 1.165) is 37.8 Å². The summed E-state index contributed by atoms with van der Waals surface area (Å²) >= 11 is 0. The summed E-state index contributed by atoms with van der Waals surface area (Å²) in [6, 6.07) is 15.8. The van der Waals surface area contributed by atoms with Crippen LogP contribution >= 0.6 is 0 Å². The van der Waals surface area contributed by atoms with Crippen LogP contribution in [-0.2, 0) is 6.18 Å². The largest absolute Gasteiger partial charge is 0.416 e. The molecule has 5 rings (SSSR count). The highest BCUT2D eigenvalue weighted by molar-refractivity contribution is 5.80. The first-order valence-corrected chi connectivity index (χ1v) is 11.3. The van der Waals surface area contributed by atoms with E-state index in [0.29, 0.717) is 28.1 Å². The fourth-order valence-electron chi connectivity index (χ4n) is 4.56. The van der Waals surface area contributed by atoms with Crippen LogP contribution in [0.1, 0.15) is 55.1 Å². The molecular formula is C26H23F3N4O. The van der Waals surface area contributed by atoms with Gasteiger partial charge in [-0.2, -0.15) is 22.9 Å². The standard InChI is InChI=1S/C26H23F3N4O/c27-26(28,29)19-10-6-11-20(16-19)32-15-7-12-21(32)17-30-33-24(18-8-2-1-3-9-18)31-23-14-5-4-13-22(23)25(33)34/h4-7,10-18H,1-3,8-9H2. The summed E-state index contributed by atoms with van der Waals surface area (Å²) in [5.74, 6) is 0.773. The normalized spacial score (nSPS) is 15.4. The summed E-state index contributed by atoms with van der Waals surface area (Å²) in [4.78, 5) is 18.1. The van der Waals surface area contributed by atoms with Crippen LogP contribution in [-0.4, -0.2) is 20.4 Å². The maximum atomic E-state index is 13.3. The second-order valence-electron chi connectivity index (χ2n) is 8.53. The molecule has 174 valence electrons. The lowest BCUT2D eigenvalue weighted by Gasteiger charge is -2.22. The maximum absolute atomic E-state index is 13.3. The van der Waals surface area contributed by atoms with E-state index < -0.39 is 11.7 Å². The van der Waals surface area contributed by atoms with Crippen LogP contribution in [0.5, 0.6) is 0 Å². The summed E-state index contributed by atoms with van der Waals surface area (Å²) in [5.41, 5.74) is 0.578. The quantitative estimate of drug-likeness (QED) is 0.341. The van der Waals surface area contributed by atoms with Gasteiger partial charge in [0.2, 0.25) is 0 Å². The van der Waals surface area contributed by atoms with Crippen LogP contribution < -0.4 is 5.56 Å². The van der Waals surface area contributed by atoms with Crippen molar-refractivity contribution >= 4 is 17.1 Å². The van der Waals surface area contributed by atoms with Crippen LogP contribution in [0.2, 0.25) is 0 Å². The maximum Gasteiger partial charge on any atom is 0.416 e. The number of rotatable bonds is 4.